The van der Waals surface area contributed by atoms with Crippen molar-refractivity contribution in [3.63, 3.8) is 0 Å². The molecule has 2 aromatic heterocycles. The molecule has 2 heterocycles. The Morgan fingerprint density at radius 1 is 1.31 bits per heavy atom. The van der Waals surface area contributed by atoms with Gasteiger partial charge in [0.15, 0.2) is 0 Å². The predicted octanol–water partition coefficient (Wildman–Crippen LogP) is 0.460. The molecule has 0 aliphatic heterocycles. The number of nitrogens with two attached hydrogens (primary N) is 1. The summed E-state index contributed by atoms with van der Waals surface area (Å²) in [7, 11) is 0. The topological polar surface area (TPSA) is 94.5 Å². The highest BCUT2D eigenvalue weighted by Crippen LogP contribution is 2.06. The molecule has 0 aromatic carbocycles. The van der Waals surface area contributed by atoms with E-state index in [1.165, 1.54) is 4.68 Å². The van der Waals surface area contributed by atoms with Gasteiger partial charge in [-0.05, 0) is 19.9 Å². The van der Waals surface area contributed by atoms with Crippen LogP contribution in [0.3, 0.4) is 0 Å². The van der Waals surface area contributed by atoms with E-state index in [2.05, 4.69) is 25.4 Å². The Balaban J connectivity index is 2.36. The number of hydrogen-bond acceptors (Lipinski definition) is 6. The fraction of sp³-hybridized carbons (Fsp3) is 0.333. The van der Waals surface area contributed by atoms with Gasteiger partial charge in [-0.2, -0.15) is 20.1 Å². The van der Waals surface area contributed by atoms with Gasteiger partial charge >= 0.3 is 0 Å². The average molecular weight is 219 g/mol. The van der Waals surface area contributed by atoms with Gasteiger partial charge in [-0.15, -0.1) is 0 Å². The quantitative estimate of drug-likeness (QED) is 0.778. The highest BCUT2D eigenvalue weighted by molar-refractivity contribution is 5.35. The molecule has 0 amide bonds. The summed E-state index contributed by atoms with van der Waals surface area (Å²) in [6.45, 7) is 3.99. The third kappa shape index (κ3) is 2.25. The van der Waals surface area contributed by atoms with Gasteiger partial charge in [-0.3, -0.25) is 0 Å². The first-order chi connectivity index (χ1) is 7.65. The van der Waals surface area contributed by atoms with Crippen LogP contribution in [0.5, 0.6) is 0 Å². The van der Waals surface area contributed by atoms with Crippen LogP contribution in [0, 0.1) is 0 Å². The van der Waals surface area contributed by atoms with E-state index in [4.69, 9.17) is 5.73 Å². The Kier molecular flexibility index (Phi) is 2.67. The molecule has 0 unspecified atom stereocenters. The molecule has 0 saturated carbocycles. The first kappa shape index (κ1) is 10.3. The van der Waals surface area contributed by atoms with Gasteiger partial charge in [0.2, 0.25) is 11.9 Å². The Morgan fingerprint density at radius 2 is 2.12 bits per heavy atom. The van der Waals surface area contributed by atoms with Crippen molar-refractivity contribution < 1.29 is 0 Å². The van der Waals surface area contributed by atoms with E-state index in [0.717, 1.165) is 0 Å². The highest BCUT2D eigenvalue weighted by Gasteiger charge is 2.06. The highest BCUT2D eigenvalue weighted by atomic mass is 15.4. The zero-order chi connectivity index (χ0) is 11.5. The molecular weight excluding hydrogens is 206 g/mol. The lowest BCUT2D eigenvalue weighted by Crippen LogP contribution is -2.16. The number of rotatable bonds is 3. The summed E-state index contributed by atoms with van der Waals surface area (Å²) in [5.74, 6) is 1.03. The van der Waals surface area contributed by atoms with Crippen LogP contribution in [0.2, 0.25) is 0 Å². The van der Waals surface area contributed by atoms with E-state index in [1.54, 1.807) is 18.5 Å². The summed E-state index contributed by atoms with van der Waals surface area (Å²) >= 11 is 0. The van der Waals surface area contributed by atoms with E-state index in [1.807, 2.05) is 13.8 Å². The van der Waals surface area contributed by atoms with Gasteiger partial charge in [0.25, 0.3) is 5.95 Å². The Bertz CT molecular complexity index is 463. The van der Waals surface area contributed by atoms with E-state index in [9.17, 15) is 0 Å². The minimum atomic E-state index is 0.170. The Hall–Kier alpha value is -2.18. The van der Waals surface area contributed by atoms with Gasteiger partial charge < -0.3 is 11.1 Å². The molecule has 3 N–H and O–H groups in total. The number of anilines is 2. The molecule has 0 atom stereocenters. The second kappa shape index (κ2) is 4.13. The fourth-order valence-corrected chi connectivity index (χ4v) is 1.19. The second-order valence-corrected chi connectivity index (χ2v) is 3.57. The molecule has 0 aliphatic carbocycles. The first-order valence-corrected chi connectivity index (χ1v) is 4.93. The summed E-state index contributed by atoms with van der Waals surface area (Å²) in [5, 5.41) is 7.09. The molecule has 0 aliphatic rings. The van der Waals surface area contributed by atoms with E-state index >= 15 is 0 Å². The van der Waals surface area contributed by atoms with Crippen molar-refractivity contribution in [1.29, 1.82) is 0 Å². The van der Waals surface area contributed by atoms with Crippen LogP contribution in [-0.4, -0.2) is 30.8 Å². The summed E-state index contributed by atoms with van der Waals surface area (Å²) < 4.78 is 1.53. The first-order valence-electron chi connectivity index (χ1n) is 4.93. The Labute approximate surface area is 92.7 Å². The summed E-state index contributed by atoms with van der Waals surface area (Å²) in [4.78, 5) is 12.2. The SMILES string of the molecule is CC(C)Nc1nc(N)nc(-n2cccn2)n1. The number of nitrogen functional groups attached to an aromatic ring is 1. The average Bonchev–Trinajstić information content (AvgIpc) is 2.67. The van der Waals surface area contributed by atoms with Crippen molar-refractivity contribution in [2.75, 3.05) is 11.1 Å². The van der Waals surface area contributed by atoms with Gasteiger partial charge in [0.1, 0.15) is 0 Å². The summed E-state index contributed by atoms with van der Waals surface area (Å²) in [5.41, 5.74) is 5.60. The predicted molar refractivity (Wildman–Crippen MR) is 60.1 cm³/mol. The van der Waals surface area contributed by atoms with Gasteiger partial charge in [0, 0.05) is 18.4 Å². The fourth-order valence-electron chi connectivity index (χ4n) is 1.19. The van der Waals surface area contributed by atoms with Crippen molar-refractivity contribution in [2.45, 2.75) is 19.9 Å². The minimum absolute atomic E-state index is 0.170. The van der Waals surface area contributed by atoms with Gasteiger partial charge in [0.05, 0.1) is 0 Å². The largest absolute Gasteiger partial charge is 0.368 e. The van der Waals surface area contributed by atoms with Crippen LogP contribution in [0.1, 0.15) is 13.8 Å². The zero-order valence-electron chi connectivity index (χ0n) is 9.12. The Morgan fingerprint density at radius 3 is 2.75 bits per heavy atom. The lowest BCUT2D eigenvalue weighted by atomic mass is 10.4. The molecule has 2 aromatic rings. The second-order valence-electron chi connectivity index (χ2n) is 3.57. The van der Waals surface area contributed by atoms with Gasteiger partial charge in [-0.1, -0.05) is 0 Å². The molecule has 7 nitrogen and oxygen atoms in total. The molecule has 7 heteroatoms. The van der Waals surface area contributed by atoms with Crippen LogP contribution in [0.25, 0.3) is 5.95 Å². The lowest BCUT2D eigenvalue weighted by molar-refractivity contribution is 0.789. The van der Waals surface area contributed by atoms with Crippen LogP contribution in [0.4, 0.5) is 11.9 Å². The van der Waals surface area contributed by atoms with E-state index < -0.39 is 0 Å². The maximum absolute atomic E-state index is 5.60. The van der Waals surface area contributed by atoms with Crippen molar-refractivity contribution in [3.8, 4) is 5.95 Å². The third-order valence-corrected chi connectivity index (χ3v) is 1.77. The molecule has 0 saturated heterocycles. The van der Waals surface area contributed by atoms with Crippen molar-refractivity contribution in [1.82, 2.24) is 24.7 Å². The van der Waals surface area contributed by atoms with Crippen molar-refractivity contribution in [3.05, 3.63) is 18.5 Å². The monoisotopic (exact) mass is 219 g/mol. The molecule has 0 fully saturated rings. The number of nitrogens with one attached hydrogen (secondary N) is 1. The maximum atomic E-state index is 5.60. The van der Waals surface area contributed by atoms with E-state index in [-0.39, 0.29) is 12.0 Å². The number of nitrogens with zero attached hydrogens (tertiary/aromatic N) is 5. The van der Waals surface area contributed by atoms with Crippen molar-refractivity contribution >= 4 is 11.9 Å². The molecular formula is C9H13N7. The van der Waals surface area contributed by atoms with Crippen molar-refractivity contribution in [2.24, 2.45) is 0 Å². The van der Waals surface area contributed by atoms with Crippen LogP contribution < -0.4 is 11.1 Å². The van der Waals surface area contributed by atoms with Crippen LogP contribution in [0.15, 0.2) is 18.5 Å². The number of hydrogen-bond donors (Lipinski definition) is 2. The summed E-state index contributed by atoms with van der Waals surface area (Å²) in [6, 6.07) is 2.02. The molecule has 2 rings (SSSR count). The minimum Gasteiger partial charge on any atom is -0.368 e. The molecule has 16 heavy (non-hydrogen) atoms. The normalized spacial score (nSPS) is 10.7. The smallest absolute Gasteiger partial charge is 0.257 e. The maximum Gasteiger partial charge on any atom is 0.257 e. The molecule has 0 radical (unpaired) electrons. The lowest BCUT2D eigenvalue weighted by Gasteiger charge is -2.09. The molecule has 0 spiro atoms. The standard InChI is InChI=1S/C9H13N7/c1-6(2)12-8-13-7(10)14-9(15-8)16-5-3-4-11-16/h3-6H,1-2H3,(H3,10,12,13,14,15). The third-order valence-electron chi connectivity index (χ3n) is 1.77. The van der Waals surface area contributed by atoms with Crippen LogP contribution in [-0.2, 0) is 0 Å². The zero-order valence-corrected chi connectivity index (χ0v) is 9.12. The summed E-state index contributed by atoms with van der Waals surface area (Å²) in [6.07, 6.45) is 3.39. The van der Waals surface area contributed by atoms with E-state index in [0.29, 0.717) is 11.9 Å². The molecule has 84 valence electrons. The van der Waals surface area contributed by atoms with Crippen LogP contribution >= 0.6 is 0 Å². The number of aromatic nitrogens is 5. The van der Waals surface area contributed by atoms with Gasteiger partial charge in [-0.25, -0.2) is 4.68 Å². The molecule has 0 bridgehead atoms.